The molecule has 2 unspecified atom stereocenters. The molecule has 2 atom stereocenters. The van der Waals surface area contributed by atoms with E-state index in [4.69, 9.17) is 9.47 Å². The zero-order valence-electron chi connectivity index (χ0n) is 10.6. The third-order valence-electron chi connectivity index (χ3n) is 3.22. The minimum atomic E-state index is -0.459. The smallest absolute Gasteiger partial charge is 0.168 e. The summed E-state index contributed by atoms with van der Waals surface area (Å²) in [4.78, 5) is 12.0. The lowest BCUT2D eigenvalue weighted by Crippen LogP contribution is -2.23. The van der Waals surface area contributed by atoms with Crippen molar-refractivity contribution >= 4 is 5.78 Å². The van der Waals surface area contributed by atoms with Crippen LogP contribution in [0.2, 0.25) is 0 Å². The SMILES string of the molecule is COc1cccc(CC(=O)C2CCC(C)O2)c1F. The molecule has 1 fully saturated rings. The van der Waals surface area contributed by atoms with E-state index in [0.717, 1.165) is 12.8 Å². The Kier molecular flexibility index (Phi) is 3.97. The first kappa shape index (κ1) is 13.0. The number of hydrogen-bond donors (Lipinski definition) is 0. The molecule has 1 aliphatic heterocycles. The molecule has 0 aromatic heterocycles. The van der Waals surface area contributed by atoms with Gasteiger partial charge in [-0.1, -0.05) is 12.1 Å². The van der Waals surface area contributed by atoms with Crippen LogP contribution in [0.5, 0.6) is 5.75 Å². The van der Waals surface area contributed by atoms with E-state index in [0.29, 0.717) is 5.56 Å². The zero-order chi connectivity index (χ0) is 13.1. The number of ketones is 1. The normalized spacial score (nSPS) is 23.1. The van der Waals surface area contributed by atoms with Gasteiger partial charge in [-0.15, -0.1) is 0 Å². The summed E-state index contributed by atoms with van der Waals surface area (Å²) in [6.07, 6.45) is 1.41. The van der Waals surface area contributed by atoms with Crippen molar-refractivity contribution in [1.29, 1.82) is 0 Å². The molecule has 1 aliphatic rings. The highest BCUT2D eigenvalue weighted by Crippen LogP contribution is 2.24. The lowest BCUT2D eigenvalue weighted by Gasteiger charge is -2.11. The molecular formula is C14H17FO3. The second kappa shape index (κ2) is 5.48. The highest BCUT2D eigenvalue weighted by atomic mass is 19.1. The standard InChI is InChI=1S/C14H17FO3/c1-9-6-7-12(18-9)11(16)8-10-4-3-5-13(17-2)14(10)15/h3-5,9,12H,6-8H2,1-2H3. The molecule has 1 heterocycles. The molecule has 0 aliphatic carbocycles. The van der Waals surface area contributed by atoms with Gasteiger partial charge < -0.3 is 9.47 Å². The number of hydrogen-bond acceptors (Lipinski definition) is 3. The van der Waals surface area contributed by atoms with Gasteiger partial charge in [0.15, 0.2) is 17.3 Å². The summed E-state index contributed by atoms with van der Waals surface area (Å²) in [6.45, 7) is 1.94. The molecule has 1 aromatic rings. The molecule has 1 aromatic carbocycles. The van der Waals surface area contributed by atoms with E-state index in [9.17, 15) is 9.18 Å². The summed E-state index contributed by atoms with van der Waals surface area (Å²) in [7, 11) is 1.41. The Bertz CT molecular complexity index is 445. The Balaban J connectivity index is 2.07. The van der Waals surface area contributed by atoms with Gasteiger partial charge in [-0.2, -0.15) is 0 Å². The molecule has 2 rings (SSSR count). The molecule has 0 amide bonds. The van der Waals surface area contributed by atoms with Gasteiger partial charge in [-0.05, 0) is 31.4 Å². The molecule has 0 spiro atoms. The Hall–Kier alpha value is -1.42. The van der Waals surface area contributed by atoms with E-state index in [1.807, 2.05) is 6.92 Å². The van der Waals surface area contributed by atoms with Gasteiger partial charge in [0.2, 0.25) is 0 Å². The van der Waals surface area contributed by atoms with Crippen molar-refractivity contribution in [3.05, 3.63) is 29.6 Å². The zero-order valence-corrected chi connectivity index (χ0v) is 10.6. The minimum Gasteiger partial charge on any atom is -0.494 e. The average molecular weight is 252 g/mol. The fourth-order valence-corrected chi connectivity index (χ4v) is 2.19. The number of benzene rings is 1. The van der Waals surface area contributed by atoms with Crippen LogP contribution in [0.15, 0.2) is 18.2 Å². The molecule has 18 heavy (non-hydrogen) atoms. The molecule has 1 saturated heterocycles. The van der Waals surface area contributed by atoms with Gasteiger partial charge in [0.25, 0.3) is 0 Å². The third-order valence-corrected chi connectivity index (χ3v) is 3.22. The van der Waals surface area contributed by atoms with Crippen LogP contribution in [-0.2, 0) is 16.0 Å². The number of carbonyl (C=O) groups excluding carboxylic acids is 1. The van der Waals surface area contributed by atoms with Crippen molar-refractivity contribution < 1.29 is 18.7 Å². The van der Waals surface area contributed by atoms with Gasteiger partial charge in [-0.25, -0.2) is 4.39 Å². The van der Waals surface area contributed by atoms with Crippen LogP contribution in [0.3, 0.4) is 0 Å². The van der Waals surface area contributed by atoms with E-state index >= 15 is 0 Å². The quantitative estimate of drug-likeness (QED) is 0.826. The number of carbonyl (C=O) groups is 1. The number of halogens is 1. The molecule has 98 valence electrons. The van der Waals surface area contributed by atoms with Crippen molar-refractivity contribution in [3.63, 3.8) is 0 Å². The van der Waals surface area contributed by atoms with Gasteiger partial charge >= 0.3 is 0 Å². The lowest BCUT2D eigenvalue weighted by atomic mass is 10.0. The van der Waals surface area contributed by atoms with E-state index in [1.165, 1.54) is 13.2 Å². The van der Waals surface area contributed by atoms with Gasteiger partial charge in [0.05, 0.1) is 13.2 Å². The molecule has 3 nitrogen and oxygen atoms in total. The van der Waals surface area contributed by atoms with Crippen molar-refractivity contribution in [2.45, 2.75) is 38.4 Å². The number of Topliss-reactive ketones (excluding diaryl/α,β-unsaturated/α-hetero) is 1. The number of ether oxygens (including phenoxy) is 2. The van der Waals surface area contributed by atoms with Crippen molar-refractivity contribution in [1.82, 2.24) is 0 Å². The predicted octanol–water partition coefficient (Wildman–Crippen LogP) is 2.51. The maximum Gasteiger partial charge on any atom is 0.168 e. The first-order chi connectivity index (χ1) is 8.61. The van der Waals surface area contributed by atoms with Crippen LogP contribution in [0.1, 0.15) is 25.3 Å². The lowest BCUT2D eigenvalue weighted by molar-refractivity contribution is -0.128. The maximum atomic E-state index is 13.9. The summed E-state index contributed by atoms with van der Waals surface area (Å²) < 4.78 is 24.3. The van der Waals surface area contributed by atoms with Crippen LogP contribution in [0.4, 0.5) is 4.39 Å². The predicted molar refractivity (Wildman–Crippen MR) is 65.2 cm³/mol. The maximum absolute atomic E-state index is 13.9. The van der Waals surface area contributed by atoms with E-state index < -0.39 is 5.82 Å². The average Bonchev–Trinajstić information content (AvgIpc) is 2.78. The molecule has 4 heteroatoms. The van der Waals surface area contributed by atoms with Gasteiger partial charge in [-0.3, -0.25) is 4.79 Å². The van der Waals surface area contributed by atoms with Crippen LogP contribution in [-0.4, -0.2) is 25.1 Å². The second-order valence-electron chi connectivity index (χ2n) is 4.59. The van der Waals surface area contributed by atoms with E-state index in [2.05, 4.69) is 0 Å². The van der Waals surface area contributed by atoms with Crippen LogP contribution in [0, 0.1) is 5.82 Å². The Morgan fingerprint density at radius 3 is 2.89 bits per heavy atom. The first-order valence-corrected chi connectivity index (χ1v) is 6.11. The van der Waals surface area contributed by atoms with Gasteiger partial charge in [0.1, 0.15) is 6.10 Å². The fourth-order valence-electron chi connectivity index (χ4n) is 2.19. The van der Waals surface area contributed by atoms with E-state index in [1.54, 1.807) is 12.1 Å². The monoisotopic (exact) mass is 252 g/mol. The summed E-state index contributed by atoms with van der Waals surface area (Å²) in [5.74, 6) is -0.355. The summed E-state index contributed by atoms with van der Waals surface area (Å²) >= 11 is 0. The topological polar surface area (TPSA) is 35.5 Å². The highest BCUT2D eigenvalue weighted by molar-refractivity contribution is 5.85. The highest BCUT2D eigenvalue weighted by Gasteiger charge is 2.28. The number of rotatable bonds is 4. The minimum absolute atomic E-state index is 0.0560. The van der Waals surface area contributed by atoms with Crippen molar-refractivity contribution in [2.75, 3.05) is 7.11 Å². The van der Waals surface area contributed by atoms with Crippen LogP contribution in [0.25, 0.3) is 0 Å². The van der Waals surface area contributed by atoms with Crippen LogP contribution >= 0.6 is 0 Å². The largest absolute Gasteiger partial charge is 0.494 e. The van der Waals surface area contributed by atoms with Crippen molar-refractivity contribution in [3.8, 4) is 5.75 Å². The molecule has 0 radical (unpaired) electrons. The van der Waals surface area contributed by atoms with Gasteiger partial charge in [0, 0.05) is 6.42 Å². The fraction of sp³-hybridized carbons (Fsp3) is 0.500. The van der Waals surface area contributed by atoms with Crippen molar-refractivity contribution in [2.24, 2.45) is 0 Å². The molecule has 0 saturated carbocycles. The molecule has 0 bridgehead atoms. The number of methoxy groups -OCH3 is 1. The first-order valence-electron chi connectivity index (χ1n) is 6.11. The summed E-state index contributed by atoms with van der Waals surface area (Å²) in [5, 5.41) is 0. The van der Waals surface area contributed by atoms with Crippen LogP contribution < -0.4 is 4.74 Å². The third kappa shape index (κ3) is 2.70. The Morgan fingerprint density at radius 2 is 2.28 bits per heavy atom. The summed E-state index contributed by atoms with van der Waals surface area (Å²) in [6, 6.07) is 4.83. The van der Waals surface area contributed by atoms with E-state index in [-0.39, 0.29) is 30.2 Å². The Labute approximate surface area is 106 Å². The molecule has 0 N–H and O–H groups in total. The summed E-state index contributed by atoms with van der Waals surface area (Å²) in [5.41, 5.74) is 0.363. The second-order valence-corrected chi connectivity index (χ2v) is 4.59. The molecular weight excluding hydrogens is 235 g/mol. The Morgan fingerprint density at radius 1 is 1.50 bits per heavy atom.